The Balaban J connectivity index is 1.66. The molecule has 1 heterocycles. The minimum atomic E-state index is -0.178. The number of hydrogen-bond acceptors (Lipinski definition) is 4. The van der Waals surface area contributed by atoms with Crippen molar-refractivity contribution in [3.63, 3.8) is 0 Å². The SMILES string of the molecule is Oc1c(Cl)cc(Cl)cc1C=NC[C@H]1COc2ccccc2O1. The predicted molar refractivity (Wildman–Crippen MR) is 86.9 cm³/mol. The van der Waals surface area contributed by atoms with E-state index < -0.39 is 0 Å². The predicted octanol–water partition coefficient (Wildman–Crippen LogP) is 3.96. The lowest BCUT2D eigenvalue weighted by Gasteiger charge is -2.25. The Labute approximate surface area is 137 Å². The molecule has 0 fully saturated rings. The van der Waals surface area contributed by atoms with E-state index in [9.17, 15) is 5.11 Å². The number of aromatic hydroxyl groups is 1. The maximum absolute atomic E-state index is 9.85. The van der Waals surface area contributed by atoms with E-state index in [-0.39, 0.29) is 16.9 Å². The van der Waals surface area contributed by atoms with Gasteiger partial charge in [0.05, 0.1) is 11.6 Å². The standard InChI is InChI=1S/C16H13Cl2NO3/c17-11-5-10(16(20)13(18)6-11)7-19-8-12-9-21-14-3-1-2-4-15(14)22-12/h1-7,12,20H,8-9H2/t12-/m0/s1. The molecule has 0 aliphatic carbocycles. The summed E-state index contributed by atoms with van der Waals surface area (Å²) in [5.41, 5.74) is 0.467. The lowest BCUT2D eigenvalue weighted by molar-refractivity contribution is 0.0973. The summed E-state index contributed by atoms with van der Waals surface area (Å²) < 4.78 is 11.4. The first kappa shape index (κ1) is 15.0. The van der Waals surface area contributed by atoms with Crippen LogP contribution in [-0.4, -0.2) is 30.6 Å². The van der Waals surface area contributed by atoms with Crippen molar-refractivity contribution in [3.8, 4) is 17.2 Å². The highest BCUT2D eigenvalue weighted by Crippen LogP contribution is 2.31. The summed E-state index contributed by atoms with van der Waals surface area (Å²) in [6, 6.07) is 10.6. The van der Waals surface area contributed by atoms with Gasteiger partial charge in [-0.3, -0.25) is 4.99 Å². The number of hydrogen-bond donors (Lipinski definition) is 1. The Morgan fingerprint density at radius 2 is 2.00 bits per heavy atom. The normalized spacial score (nSPS) is 16.9. The lowest BCUT2D eigenvalue weighted by Crippen LogP contribution is -2.31. The van der Waals surface area contributed by atoms with Crippen LogP contribution in [0.1, 0.15) is 5.56 Å². The monoisotopic (exact) mass is 337 g/mol. The molecule has 22 heavy (non-hydrogen) atoms. The highest BCUT2D eigenvalue weighted by molar-refractivity contribution is 6.36. The number of nitrogens with zero attached hydrogens (tertiary/aromatic N) is 1. The molecule has 0 saturated carbocycles. The van der Waals surface area contributed by atoms with Crippen molar-refractivity contribution >= 4 is 29.4 Å². The zero-order chi connectivity index (χ0) is 15.5. The highest BCUT2D eigenvalue weighted by atomic mass is 35.5. The molecular formula is C16H13Cl2NO3. The largest absolute Gasteiger partial charge is 0.506 e. The number of rotatable bonds is 3. The lowest BCUT2D eigenvalue weighted by atomic mass is 10.2. The minimum Gasteiger partial charge on any atom is -0.506 e. The first-order valence-corrected chi connectivity index (χ1v) is 7.45. The molecular weight excluding hydrogens is 325 g/mol. The summed E-state index contributed by atoms with van der Waals surface area (Å²) in [6.45, 7) is 0.828. The van der Waals surface area contributed by atoms with E-state index in [0.717, 1.165) is 5.75 Å². The molecule has 3 rings (SSSR count). The molecule has 0 aromatic heterocycles. The van der Waals surface area contributed by atoms with Crippen molar-refractivity contribution in [3.05, 3.63) is 52.0 Å². The average molecular weight is 338 g/mol. The van der Waals surface area contributed by atoms with Gasteiger partial charge in [-0.1, -0.05) is 35.3 Å². The van der Waals surface area contributed by atoms with Crippen LogP contribution >= 0.6 is 23.2 Å². The molecule has 0 unspecified atom stereocenters. The summed E-state index contributed by atoms with van der Waals surface area (Å²) in [6.07, 6.45) is 1.35. The molecule has 6 heteroatoms. The summed E-state index contributed by atoms with van der Waals surface area (Å²) in [5, 5.41) is 10.5. The summed E-state index contributed by atoms with van der Waals surface area (Å²) >= 11 is 11.8. The molecule has 0 bridgehead atoms. The molecule has 2 aromatic rings. The fourth-order valence-corrected chi connectivity index (χ4v) is 2.62. The molecule has 2 aromatic carbocycles. The van der Waals surface area contributed by atoms with Gasteiger partial charge in [0, 0.05) is 16.8 Å². The van der Waals surface area contributed by atoms with Crippen molar-refractivity contribution in [2.24, 2.45) is 4.99 Å². The van der Waals surface area contributed by atoms with E-state index in [0.29, 0.717) is 29.5 Å². The third kappa shape index (κ3) is 3.29. The van der Waals surface area contributed by atoms with Gasteiger partial charge < -0.3 is 14.6 Å². The fraction of sp³-hybridized carbons (Fsp3) is 0.188. The van der Waals surface area contributed by atoms with Gasteiger partial charge in [-0.2, -0.15) is 0 Å². The van der Waals surface area contributed by atoms with Crippen molar-refractivity contribution in [1.29, 1.82) is 0 Å². The number of benzene rings is 2. The van der Waals surface area contributed by atoms with Crippen LogP contribution in [0.4, 0.5) is 0 Å². The van der Waals surface area contributed by atoms with Gasteiger partial charge in [-0.25, -0.2) is 0 Å². The van der Waals surface area contributed by atoms with Crippen LogP contribution in [0, 0.1) is 0 Å². The second kappa shape index (κ2) is 6.46. The highest BCUT2D eigenvalue weighted by Gasteiger charge is 2.19. The van der Waals surface area contributed by atoms with Gasteiger partial charge >= 0.3 is 0 Å². The van der Waals surface area contributed by atoms with E-state index in [1.165, 1.54) is 12.3 Å². The van der Waals surface area contributed by atoms with E-state index in [2.05, 4.69) is 4.99 Å². The Kier molecular flexibility index (Phi) is 4.41. The number of aliphatic imine (C=N–C) groups is 1. The van der Waals surface area contributed by atoms with Crippen LogP contribution in [0.5, 0.6) is 17.2 Å². The van der Waals surface area contributed by atoms with Crippen LogP contribution in [0.2, 0.25) is 10.0 Å². The van der Waals surface area contributed by atoms with Crippen LogP contribution in [0.15, 0.2) is 41.4 Å². The molecule has 1 atom stereocenters. The first-order valence-electron chi connectivity index (χ1n) is 6.70. The van der Waals surface area contributed by atoms with Crippen molar-refractivity contribution < 1.29 is 14.6 Å². The Morgan fingerprint density at radius 3 is 2.82 bits per heavy atom. The van der Waals surface area contributed by atoms with Crippen LogP contribution < -0.4 is 9.47 Å². The molecule has 0 amide bonds. The number of halogens is 2. The number of phenols is 1. The van der Waals surface area contributed by atoms with Gasteiger partial charge in [0.2, 0.25) is 0 Å². The van der Waals surface area contributed by atoms with E-state index in [1.54, 1.807) is 6.07 Å². The van der Waals surface area contributed by atoms with Crippen molar-refractivity contribution in [1.82, 2.24) is 0 Å². The third-order valence-corrected chi connectivity index (χ3v) is 3.67. The van der Waals surface area contributed by atoms with E-state index in [1.807, 2.05) is 24.3 Å². The maximum atomic E-state index is 9.85. The molecule has 0 saturated heterocycles. The van der Waals surface area contributed by atoms with Crippen LogP contribution in [0.25, 0.3) is 0 Å². The van der Waals surface area contributed by atoms with Crippen molar-refractivity contribution in [2.45, 2.75) is 6.10 Å². The smallest absolute Gasteiger partial charge is 0.161 e. The zero-order valence-electron chi connectivity index (χ0n) is 11.5. The van der Waals surface area contributed by atoms with Gasteiger partial charge in [0.25, 0.3) is 0 Å². The number of phenolic OH excluding ortho intramolecular Hbond substituents is 1. The second-order valence-electron chi connectivity index (χ2n) is 4.82. The Bertz CT molecular complexity index is 719. The number of ether oxygens (including phenoxy) is 2. The maximum Gasteiger partial charge on any atom is 0.161 e. The average Bonchev–Trinajstić information content (AvgIpc) is 2.52. The third-order valence-electron chi connectivity index (χ3n) is 3.16. The van der Waals surface area contributed by atoms with Crippen LogP contribution in [-0.2, 0) is 0 Å². The molecule has 1 aliphatic heterocycles. The molecule has 114 valence electrons. The topological polar surface area (TPSA) is 51.1 Å². The summed E-state index contributed by atoms with van der Waals surface area (Å²) in [4.78, 5) is 4.27. The molecule has 0 spiro atoms. The van der Waals surface area contributed by atoms with Gasteiger partial charge in [0.1, 0.15) is 12.4 Å². The molecule has 1 N–H and O–H groups in total. The second-order valence-corrected chi connectivity index (χ2v) is 5.66. The number of para-hydroxylation sites is 2. The van der Waals surface area contributed by atoms with Crippen LogP contribution in [0.3, 0.4) is 0 Å². The summed E-state index contributed by atoms with van der Waals surface area (Å²) in [5.74, 6) is 1.41. The van der Waals surface area contributed by atoms with E-state index >= 15 is 0 Å². The van der Waals surface area contributed by atoms with Gasteiger partial charge in [-0.15, -0.1) is 0 Å². The van der Waals surface area contributed by atoms with Gasteiger partial charge in [-0.05, 0) is 24.3 Å². The molecule has 4 nitrogen and oxygen atoms in total. The van der Waals surface area contributed by atoms with Crippen molar-refractivity contribution in [2.75, 3.05) is 13.2 Å². The van der Waals surface area contributed by atoms with Gasteiger partial charge in [0.15, 0.2) is 17.6 Å². The summed E-state index contributed by atoms with van der Waals surface area (Å²) in [7, 11) is 0. The molecule has 0 radical (unpaired) electrons. The minimum absolute atomic E-state index is 0.0408. The quantitative estimate of drug-likeness (QED) is 0.862. The Hall–Kier alpha value is -1.91. The van der Waals surface area contributed by atoms with E-state index in [4.69, 9.17) is 32.7 Å². The first-order chi connectivity index (χ1) is 10.6. The molecule has 1 aliphatic rings. The Morgan fingerprint density at radius 1 is 1.23 bits per heavy atom. The number of fused-ring (bicyclic) bond motifs is 1. The fourth-order valence-electron chi connectivity index (χ4n) is 2.11. The zero-order valence-corrected chi connectivity index (χ0v) is 13.0.